The molecule has 2 aromatic heterocycles. The van der Waals surface area contributed by atoms with Crippen LogP contribution >= 0.6 is 23.6 Å². The molecule has 25 heavy (non-hydrogen) atoms. The maximum atomic E-state index is 13.0. The summed E-state index contributed by atoms with van der Waals surface area (Å²) < 4.78 is 6.97. The lowest BCUT2D eigenvalue weighted by Crippen LogP contribution is -2.22. The van der Waals surface area contributed by atoms with Crippen molar-refractivity contribution in [2.45, 2.75) is 26.2 Å². The lowest BCUT2D eigenvalue weighted by atomic mass is 10.1. The molecule has 3 aromatic rings. The molecule has 7 heteroatoms. The second kappa shape index (κ2) is 6.24. The van der Waals surface area contributed by atoms with Gasteiger partial charge in [0.25, 0.3) is 5.56 Å². The third-order valence-corrected chi connectivity index (χ3v) is 5.95. The maximum Gasteiger partial charge on any atom is 0.341 e. The van der Waals surface area contributed by atoms with Crippen LogP contribution in [0.15, 0.2) is 29.1 Å². The molecule has 1 aromatic carbocycles. The number of aromatic amines is 1. The molecule has 128 valence electrons. The number of carbonyl (C=O) groups is 1. The smallest absolute Gasteiger partial charge is 0.341 e. The molecule has 0 atom stereocenters. The molecular formula is C18H16N2O3S2. The predicted octanol–water partition coefficient (Wildman–Crippen LogP) is 3.78. The molecule has 0 bridgehead atoms. The van der Waals surface area contributed by atoms with Gasteiger partial charge in [-0.15, -0.1) is 11.3 Å². The van der Waals surface area contributed by atoms with Gasteiger partial charge in [-0.2, -0.15) is 0 Å². The van der Waals surface area contributed by atoms with Gasteiger partial charge in [-0.3, -0.25) is 4.79 Å². The number of hydrogen-bond acceptors (Lipinski definition) is 5. The number of thiophene rings is 1. The number of ether oxygens (including phenoxy) is 1. The van der Waals surface area contributed by atoms with Gasteiger partial charge in [0.1, 0.15) is 5.00 Å². The number of H-pyrrole nitrogens is 1. The summed E-state index contributed by atoms with van der Waals surface area (Å²) in [6.45, 7) is 2.07. The van der Waals surface area contributed by atoms with Crippen LogP contribution in [0.25, 0.3) is 15.9 Å². The van der Waals surface area contributed by atoms with Crippen molar-refractivity contribution in [3.8, 4) is 5.00 Å². The Morgan fingerprint density at radius 1 is 1.36 bits per heavy atom. The number of esters is 1. The Hall–Kier alpha value is -2.25. The third kappa shape index (κ3) is 2.54. The molecule has 0 saturated carbocycles. The average molecular weight is 372 g/mol. The number of rotatable bonds is 3. The average Bonchev–Trinajstić information content (AvgIpc) is 3.16. The van der Waals surface area contributed by atoms with Crippen LogP contribution < -0.4 is 5.56 Å². The van der Waals surface area contributed by atoms with Crippen molar-refractivity contribution in [1.82, 2.24) is 9.55 Å². The summed E-state index contributed by atoms with van der Waals surface area (Å²) in [5.74, 6) is -0.383. The highest BCUT2D eigenvalue weighted by molar-refractivity contribution is 7.71. The SMILES string of the molecule is CCOC(=O)c1c(-n2c(=S)[nH]c3ccccc3c2=O)sc2c1CCC2. The van der Waals surface area contributed by atoms with Crippen LogP contribution in [0.2, 0.25) is 0 Å². The van der Waals surface area contributed by atoms with E-state index in [1.807, 2.05) is 18.2 Å². The number of benzene rings is 1. The monoisotopic (exact) mass is 372 g/mol. The van der Waals surface area contributed by atoms with Gasteiger partial charge in [-0.25, -0.2) is 9.36 Å². The van der Waals surface area contributed by atoms with Gasteiger partial charge in [0, 0.05) is 4.88 Å². The minimum Gasteiger partial charge on any atom is -0.462 e. The largest absolute Gasteiger partial charge is 0.462 e. The molecule has 0 spiro atoms. The van der Waals surface area contributed by atoms with E-state index in [0.29, 0.717) is 28.1 Å². The van der Waals surface area contributed by atoms with Crippen molar-refractivity contribution in [1.29, 1.82) is 0 Å². The lowest BCUT2D eigenvalue weighted by molar-refractivity contribution is 0.0526. The topological polar surface area (TPSA) is 64.1 Å². The van der Waals surface area contributed by atoms with Crippen LogP contribution in [0, 0.1) is 4.77 Å². The Kier molecular flexibility index (Phi) is 4.05. The normalized spacial score (nSPS) is 13.2. The second-order valence-electron chi connectivity index (χ2n) is 5.87. The first-order valence-electron chi connectivity index (χ1n) is 8.18. The molecule has 0 radical (unpaired) electrons. The summed E-state index contributed by atoms with van der Waals surface area (Å²) in [5, 5.41) is 1.11. The van der Waals surface area contributed by atoms with E-state index in [-0.39, 0.29) is 16.3 Å². The quantitative estimate of drug-likeness (QED) is 0.561. The Labute approximate surface area is 152 Å². The molecule has 0 amide bonds. The molecule has 5 nitrogen and oxygen atoms in total. The Morgan fingerprint density at radius 3 is 2.96 bits per heavy atom. The number of nitrogens with one attached hydrogen (secondary N) is 1. The van der Waals surface area contributed by atoms with Crippen LogP contribution in [-0.4, -0.2) is 22.1 Å². The van der Waals surface area contributed by atoms with Crippen molar-refractivity contribution in [2.75, 3.05) is 6.61 Å². The standard InChI is InChI=1S/C18H16N2O3S2/c1-2-23-17(22)14-11-7-5-9-13(11)25-16(14)20-15(21)10-6-3-4-8-12(10)19-18(20)24/h3-4,6,8H,2,5,7,9H2,1H3,(H,19,24). The Balaban J connectivity index is 2.03. The first kappa shape index (κ1) is 16.2. The van der Waals surface area contributed by atoms with Crippen LogP contribution in [0.3, 0.4) is 0 Å². The van der Waals surface area contributed by atoms with Crippen LogP contribution in [0.4, 0.5) is 0 Å². The number of aryl methyl sites for hydroxylation is 1. The second-order valence-corrected chi connectivity index (χ2v) is 7.34. The van der Waals surface area contributed by atoms with Gasteiger partial charge in [0.15, 0.2) is 4.77 Å². The summed E-state index contributed by atoms with van der Waals surface area (Å²) in [7, 11) is 0. The van der Waals surface area contributed by atoms with Gasteiger partial charge >= 0.3 is 5.97 Å². The molecule has 4 rings (SSSR count). The molecule has 1 N–H and O–H groups in total. The maximum absolute atomic E-state index is 13.0. The fourth-order valence-corrected chi connectivity index (χ4v) is 5.03. The molecule has 0 aliphatic heterocycles. The van der Waals surface area contributed by atoms with E-state index in [2.05, 4.69) is 4.98 Å². The van der Waals surface area contributed by atoms with E-state index in [1.165, 1.54) is 15.9 Å². The molecule has 1 aliphatic carbocycles. The highest BCUT2D eigenvalue weighted by atomic mass is 32.1. The van der Waals surface area contributed by atoms with Crippen molar-refractivity contribution in [2.24, 2.45) is 0 Å². The predicted molar refractivity (Wildman–Crippen MR) is 101 cm³/mol. The van der Waals surface area contributed by atoms with Gasteiger partial charge in [-0.05, 0) is 56.1 Å². The van der Waals surface area contributed by atoms with Crippen LogP contribution in [0.1, 0.15) is 34.1 Å². The minimum absolute atomic E-state index is 0.218. The number of aromatic nitrogens is 2. The van der Waals surface area contributed by atoms with Crippen molar-refractivity contribution in [3.05, 3.63) is 55.4 Å². The highest BCUT2D eigenvalue weighted by Gasteiger charge is 2.29. The van der Waals surface area contributed by atoms with Gasteiger partial charge in [0.05, 0.1) is 23.1 Å². The summed E-state index contributed by atoms with van der Waals surface area (Å²) in [6, 6.07) is 7.23. The summed E-state index contributed by atoms with van der Waals surface area (Å²) in [4.78, 5) is 29.8. The zero-order valence-electron chi connectivity index (χ0n) is 13.6. The fourth-order valence-electron chi connectivity index (χ4n) is 3.31. The number of fused-ring (bicyclic) bond motifs is 2. The summed E-state index contributed by atoms with van der Waals surface area (Å²) in [6.07, 6.45) is 2.78. The Morgan fingerprint density at radius 2 is 2.16 bits per heavy atom. The van der Waals surface area contributed by atoms with Crippen molar-refractivity contribution < 1.29 is 9.53 Å². The molecular weight excluding hydrogens is 356 g/mol. The van der Waals surface area contributed by atoms with E-state index in [0.717, 1.165) is 29.7 Å². The van der Waals surface area contributed by atoms with Gasteiger partial charge in [-0.1, -0.05) is 12.1 Å². The van der Waals surface area contributed by atoms with Crippen molar-refractivity contribution in [3.63, 3.8) is 0 Å². The van der Waals surface area contributed by atoms with E-state index < -0.39 is 0 Å². The highest BCUT2D eigenvalue weighted by Crippen LogP contribution is 2.38. The minimum atomic E-state index is -0.383. The van der Waals surface area contributed by atoms with E-state index in [1.54, 1.807) is 13.0 Å². The first-order valence-corrected chi connectivity index (χ1v) is 9.40. The summed E-state index contributed by atoms with van der Waals surface area (Å²) in [5.41, 5.74) is 1.98. The van der Waals surface area contributed by atoms with E-state index in [4.69, 9.17) is 17.0 Å². The van der Waals surface area contributed by atoms with E-state index >= 15 is 0 Å². The van der Waals surface area contributed by atoms with Crippen LogP contribution in [-0.2, 0) is 17.6 Å². The molecule has 1 aliphatic rings. The molecule has 0 unspecified atom stereocenters. The van der Waals surface area contributed by atoms with Gasteiger partial charge < -0.3 is 9.72 Å². The third-order valence-electron chi connectivity index (χ3n) is 4.39. The number of para-hydroxylation sites is 1. The first-order chi connectivity index (χ1) is 12.1. The fraction of sp³-hybridized carbons (Fsp3) is 0.278. The molecule has 0 saturated heterocycles. The molecule has 0 fully saturated rings. The number of hydrogen-bond donors (Lipinski definition) is 1. The van der Waals surface area contributed by atoms with Crippen molar-refractivity contribution >= 4 is 40.4 Å². The number of nitrogens with zero attached hydrogens (tertiary/aromatic N) is 1. The lowest BCUT2D eigenvalue weighted by Gasteiger charge is -2.10. The zero-order valence-corrected chi connectivity index (χ0v) is 15.3. The van der Waals surface area contributed by atoms with Crippen LogP contribution in [0.5, 0.6) is 0 Å². The number of carbonyl (C=O) groups excluding carboxylic acids is 1. The van der Waals surface area contributed by atoms with Gasteiger partial charge in [0.2, 0.25) is 0 Å². The van der Waals surface area contributed by atoms with E-state index in [9.17, 15) is 9.59 Å². The Bertz CT molecular complexity index is 1110. The summed E-state index contributed by atoms with van der Waals surface area (Å²) >= 11 is 6.90. The molecule has 2 heterocycles. The zero-order chi connectivity index (χ0) is 17.6.